The lowest BCUT2D eigenvalue weighted by Gasteiger charge is -2.47. The van der Waals surface area contributed by atoms with Crippen molar-refractivity contribution in [2.75, 3.05) is 26.2 Å². The van der Waals surface area contributed by atoms with Crippen molar-refractivity contribution in [3.63, 3.8) is 0 Å². The minimum Gasteiger partial charge on any atom is -0.444 e. The summed E-state index contributed by atoms with van der Waals surface area (Å²) in [4.78, 5) is 28.6. The monoisotopic (exact) mass is 604 g/mol. The summed E-state index contributed by atoms with van der Waals surface area (Å²) in [7, 11) is -5.78. The van der Waals surface area contributed by atoms with E-state index in [1.165, 1.54) is 12.1 Å². The minimum atomic E-state index is -5.78. The molecule has 1 atom stereocenters. The van der Waals surface area contributed by atoms with Crippen molar-refractivity contribution in [1.82, 2.24) is 9.80 Å². The highest BCUT2D eigenvalue weighted by molar-refractivity contribution is 7.88. The van der Waals surface area contributed by atoms with Gasteiger partial charge in [-0.3, -0.25) is 4.79 Å². The lowest BCUT2D eigenvalue weighted by molar-refractivity contribution is -0.130. The highest BCUT2D eigenvalue weighted by atomic mass is 32.2. The number of likely N-dealkylation sites (tertiary alicyclic amines) is 1. The summed E-state index contributed by atoms with van der Waals surface area (Å²) in [6, 6.07) is 4.36. The van der Waals surface area contributed by atoms with Crippen molar-refractivity contribution in [1.29, 1.82) is 0 Å². The molecule has 1 fully saturated rings. The predicted molar refractivity (Wildman–Crippen MR) is 149 cm³/mol. The van der Waals surface area contributed by atoms with Crippen LogP contribution in [0.1, 0.15) is 96.6 Å². The van der Waals surface area contributed by atoms with Crippen molar-refractivity contribution in [2.24, 2.45) is 5.41 Å². The van der Waals surface area contributed by atoms with Gasteiger partial charge in [0, 0.05) is 32.6 Å². The normalized spacial score (nSPS) is 19.0. The molecule has 0 bridgehead atoms. The number of alkyl halides is 3. The molecule has 0 aromatic heterocycles. The van der Waals surface area contributed by atoms with E-state index in [0.29, 0.717) is 51.9 Å². The van der Waals surface area contributed by atoms with Gasteiger partial charge in [-0.1, -0.05) is 12.5 Å². The van der Waals surface area contributed by atoms with Gasteiger partial charge in [0.05, 0.1) is 0 Å². The molecule has 1 saturated heterocycles. The maximum atomic E-state index is 13.0. The number of ether oxygens (including phenoxy) is 1. The number of nitrogens with zero attached hydrogens (tertiary/aromatic N) is 2. The van der Waals surface area contributed by atoms with E-state index in [1.54, 1.807) is 15.9 Å². The minimum absolute atomic E-state index is 0.0486. The van der Waals surface area contributed by atoms with Gasteiger partial charge in [-0.2, -0.15) is 21.6 Å². The number of amides is 2. The van der Waals surface area contributed by atoms with Crippen LogP contribution >= 0.6 is 0 Å². The van der Waals surface area contributed by atoms with Crippen LogP contribution in [0.3, 0.4) is 0 Å². The van der Waals surface area contributed by atoms with E-state index in [2.05, 4.69) is 4.18 Å². The predicted octanol–water partition coefficient (Wildman–Crippen LogP) is 6.39. The third-order valence-electron chi connectivity index (χ3n) is 8.08. The summed E-state index contributed by atoms with van der Waals surface area (Å²) in [5.74, 6) is -0.316. The fourth-order valence-corrected chi connectivity index (χ4v) is 6.43. The number of piperidine rings is 1. The molecular formula is C29H43F3N2O6S. The molecule has 1 spiro atoms. The lowest BCUT2D eigenvalue weighted by atomic mass is 9.62. The van der Waals surface area contributed by atoms with Crippen LogP contribution in [0.5, 0.6) is 5.75 Å². The molecule has 2 amide bonds. The molecule has 1 aliphatic heterocycles. The van der Waals surface area contributed by atoms with Crippen molar-refractivity contribution >= 4 is 22.1 Å². The van der Waals surface area contributed by atoms with Crippen molar-refractivity contribution < 1.29 is 40.1 Å². The molecule has 41 heavy (non-hydrogen) atoms. The molecule has 232 valence electrons. The van der Waals surface area contributed by atoms with Crippen molar-refractivity contribution in [2.45, 2.75) is 103 Å². The molecule has 0 radical (unpaired) electrons. The first-order valence-corrected chi connectivity index (χ1v) is 15.8. The number of fused-ring (bicyclic) bond motifs is 1. The highest BCUT2D eigenvalue weighted by Crippen LogP contribution is 2.51. The second-order valence-electron chi connectivity index (χ2n) is 12.2. The topological polar surface area (TPSA) is 93.2 Å². The number of carbonyl (C=O) groups excluding carboxylic acids is 2. The van der Waals surface area contributed by atoms with Gasteiger partial charge in [0.1, 0.15) is 11.4 Å². The highest BCUT2D eigenvalue weighted by Gasteiger charge is 2.49. The van der Waals surface area contributed by atoms with Crippen molar-refractivity contribution in [3.05, 3.63) is 29.3 Å². The fraction of sp³-hybridized carbons (Fsp3) is 0.724. The maximum absolute atomic E-state index is 13.0. The quantitative estimate of drug-likeness (QED) is 0.184. The van der Waals surface area contributed by atoms with Gasteiger partial charge in [-0.05, 0) is 108 Å². The van der Waals surface area contributed by atoms with Gasteiger partial charge in [-0.25, -0.2) is 4.79 Å². The number of hydrogen-bond donors (Lipinski definition) is 0. The molecule has 3 rings (SSSR count). The Morgan fingerprint density at radius 3 is 2.27 bits per heavy atom. The van der Waals surface area contributed by atoms with Crippen LogP contribution in [0.15, 0.2) is 18.2 Å². The van der Waals surface area contributed by atoms with Crippen LogP contribution in [-0.4, -0.2) is 67.5 Å². The smallest absolute Gasteiger partial charge is 0.444 e. The van der Waals surface area contributed by atoms with Gasteiger partial charge >= 0.3 is 21.7 Å². The molecule has 0 saturated carbocycles. The van der Waals surface area contributed by atoms with Crippen LogP contribution in [0, 0.1) is 5.41 Å². The summed E-state index contributed by atoms with van der Waals surface area (Å²) in [5.41, 5.74) is -4.48. The zero-order valence-corrected chi connectivity index (χ0v) is 25.5. The van der Waals surface area contributed by atoms with E-state index in [9.17, 15) is 31.2 Å². The molecule has 1 aliphatic carbocycles. The first-order chi connectivity index (χ1) is 19.0. The summed E-state index contributed by atoms with van der Waals surface area (Å²) in [6.07, 6.45) is 5.13. The Balaban J connectivity index is 1.78. The Bertz CT molecular complexity index is 1180. The Labute approximate surface area is 241 Å². The van der Waals surface area contributed by atoms with E-state index in [4.69, 9.17) is 4.74 Å². The zero-order valence-electron chi connectivity index (χ0n) is 24.7. The Morgan fingerprint density at radius 2 is 1.71 bits per heavy atom. The number of rotatable bonds is 9. The number of carbonyl (C=O) groups is 2. The third-order valence-corrected chi connectivity index (χ3v) is 9.06. The molecule has 1 aromatic carbocycles. The first-order valence-electron chi connectivity index (χ1n) is 14.4. The number of benzene rings is 1. The Hall–Kier alpha value is -2.50. The fourth-order valence-electron chi connectivity index (χ4n) is 5.98. The average Bonchev–Trinajstić information content (AvgIpc) is 2.86. The van der Waals surface area contributed by atoms with Gasteiger partial charge in [0.25, 0.3) is 0 Å². The summed E-state index contributed by atoms with van der Waals surface area (Å²) >= 11 is 0. The van der Waals surface area contributed by atoms with Gasteiger partial charge in [0.15, 0.2) is 0 Å². The van der Waals surface area contributed by atoms with Crippen LogP contribution in [0.25, 0.3) is 0 Å². The first kappa shape index (κ1) is 33.0. The van der Waals surface area contributed by atoms with E-state index >= 15 is 0 Å². The second-order valence-corrected chi connectivity index (χ2v) is 13.7. The van der Waals surface area contributed by atoms with Crippen LogP contribution in [0.2, 0.25) is 0 Å². The molecule has 0 N–H and O–H groups in total. The summed E-state index contributed by atoms with van der Waals surface area (Å²) in [6.45, 7) is 11.7. The van der Waals surface area contributed by atoms with Gasteiger partial charge in [-0.15, -0.1) is 0 Å². The largest absolute Gasteiger partial charge is 0.534 e. The number of unbranched alkanes of at least 4 members (excludes halogenated alkanes) is 1. The Kier molecular flexibility index (Phi) is 10.3. The van der Waals surface area contributed by atoms with Gasteiger partial charge in [0.2, 0.25) is 5.91 Å². The molecule has 2 aliphatic rings. The third kappa shape index (κ3) is 8.51. The molecule has 12 heteroatoms. The van der Waals surface area contributed by atoms with E-state index < -0.39 is 21.2 Å². The number of hydrogen-bond acceptors (Lipinski definition) is 6. The summed E-state index contributed by atoms with van der Waals surface area (Å²) < 4.78 is 72.1. The SMILES string of the molecule is CCN(CC)C(=O)CCCCC1CC2(CCN(C(=O)OC(C)(C)C)CC2)Cc2ccc(OS(=O)(=O)C(F)(F)F)cc21. The molecule has 1 heterocycles. The lowest BCUT2D eigenvalue weighted by Crippen LogP contribution is -2.47. The second kappa shape index (κ2) is 12.8. The Morgan fingerprint density at radius 1 is 1.07 bits per heavy atom. The molecule has 1 aromatic rings. The van der Waals surface area contributed by atoms with Crippen molar-refractivity contribution in [3.8, 4) is 5.75 Å². The maximum Gasteiger partial charge on any atom is 0.534 e. The molecule has 8 nitrogen and oxygen atoms in total. The standard InChI is InChI=1S/C29H43F3N2O6S/c1-6-33(7-2)25(35)11-9-8-10-21-19-28(14-16-34(17-15-28)26(36)39-27(3,4)5)20-22-12-13-23(18-24(21)22)40-41(37,38)29(30,31)32/h12-13,18,21H,6-11,14-17,19-20H2,1-5H3. The molecular weight excluding hydrogens is 561 g/mol. The summed E-state index contributed by atoms with van der Waals surface area (Å²) in [5, 5.41) is 0. The average molecular weight is 605 g/mol. The van der Waals surface area contributed by atoms with Crippen LogP contribution < -0.4 is 4.18 Å². The van der Waals surface area contributed by atoms with Gasteiger partial charge < -0.3 is 18.7 Å². The van der Waals surface area contributed by atoms with Crippen LogP contribution in [-0.2, 0) is 26.1 Å². The molecule has 1 unspecified atom stereocenters. The van der Waals surface area contributed by atoms with E-state index in [-0.39, 0.29) is 29.1 Å². The van der Waals surface area contributed by atoms with Crippen LogP contribution in [0.4, 0.5) is 18.0 Å². The zero-order chi connectivity index (χ0) is 30.6. The van der Waals surface area contributed by atoms with E-state index in [0.717, 1.165) is 36.8 Å². The van der Waals surface area contributed by atoms with E-state index in [1.807, 2.05) is 34.6 Å². The number of halogens is 3.